The summed E-state index contributed by atoms with van der Waals surface area (Å²) < 4.78 is 16.0. The van der Waals surface area contributed by atoms with Gasteiger partial charge in [-0.25, -0.2) is 0 Å². The third-order valence-corrected chi connectivity index (χ3v) is 3.84. The molecule has 1 N–H and O–H groups in total. The van der Waals surface area contributed by atoms with Gasteiger partial charge in [0.2, 0.25) is 0 Å². The highest BCUT2D eigenvalue weighted by molar-refractivity contribution is 5.94. The molecule has 0 bridgehead atoms. The van der Waals surface area contributed by atoms with Crippen LogP contribution < -0.4 is 4.74 Å². The maximum Gasteiger partial charge on any atom is 0.320 e. The molecule has 0 amide bonds. The summed E-state index contributed by atoms with van der Waals surface area (Å²) in [7, 11) is 0. The van der Waals surface area contributed by atoms with E-state index in [0.717, 1.165) is 11.1 Å². The van der Waals surface area contributed by atoms with Crippen LogP contribution in [-0.2, 0) is 32.1 Å². The molecule has 0 heterocycles. The van der Waals surface area contributed by atoms with Crippen LogP contribution in [0.4, 0.5) is 0 Å². The molecule has 0 radical (unpaired) electrons. The standard InChI is InChI=1S/C21H24O6/c1-2-26-21(24)19(20(22)23)14-16-8-10-18(11-9-16)27-13-12-25-15-17-6-4-3-5-7-17/h3-11,19H,2,12-15H2,1H3,(H,22,23). The predicted octanol–water partition coefficient (Wildman–Crippen LogP) is 3.09. The zero-order chi connectivity index (χ0) is 19.5. The van der Waals surface area contributed by atoms with Gasteiger partial charge in [-0.3, -0.25) is 9.59 Å². The van der Waals surface area contributed by atoms with Gasteiger partial charge < -0.3 is 19.3 Å². The van der Waals surface area contributed by atoms with Crippen LogP contribution in [0.2, 0.25) is 0 Å². The van der Waals surface area contributed by atoms with Gasteiger partial charge in [0.25, 0.3) is 0 Å². The maximum atomic E-state index is 11.7. The first-order valence-corrected chi connectivity index (χ1v) is 8.83. The van der Waals surface area contributed by atoms with E-state index in [-0.39, 0.29) is 13.0 Å². The quantitative estimate of drug-likeness (QED) is 0.371. The summed E-state index contributed by atoms with van der Waals surface area (Å²) in [6, 6.07) is 16.9. The first-order valence-electron chi connectivity index (χ1n) is 8.83. The van der Waals surface area contributed by atoms with Crippen LogP contribution >= 0.6 is 0 Å². The number of rotatable bonds is 11. The second-order valence-corrected chi connectivity index (χ2v) is 5.88. The highest BCUT2D eigenvalue weighted by atomic mass is 16.5. The lowest BCUT2D eigenvalue weighted by molar-refractivity contribution is -0.158. The number of carbonyl (C=O) groups is 2. The Morgan fingerprint density at radius 2 is 1.67 bits per heavy atom. The number of hydrogen-bond donors (Lipinski definition) is 1. The molecule has 0 saturated heterocycles. The molecule has 1 unspecified atom stereocenters. The fourth-order valence-corrected chi connectivity index (χ4v) is 2.45. The van der Waals surface area contributed by atoms with E-state index in [2.05, 4.69) is 0 Å². The van der Waals surface area contributed by atoms with Crippen molar-refractivity contribution in [1.29, 1.82) is 0 Å². The Balaban J connectivity index is 1.75. The molecule has 0 aliphatic rings. The molecular weight excluding hydrogens is 348 g/mol. The van der Waals surface area contributed by atoms with Gasteiger partial charge in [-0.05, 0) is 36.6 Å². The van der Waals surface area contributed by atoms with Crippen molar-refractivity contribution in [2.24, 2.45) is 5.92 Å². The average molecular weight is 372 g/mol. The van der Waals surface area contributed by atoms with E-state index in [1.165, 1.54) is 0 Å². The Morgan fingerprint density at radius 3 is 2.30 bits per heavy atom. The monoisotopic (exact) mass is 372 g/mol. The van der Waals surface area contributed by atoms with E-state index in [0.29, 0.717) is 25.6 Å². The van der Waals surface area contributed by atoms with Crippen molar-refractivity contribution >= 4 is 11.9 Å². The Labute approximate surface area is 158 Å². The molecule has 0 fully saturated rings. The summed E-state index contributed by atoms with van der Waals surface area (Å²) in [5.41, 5.74) is 1.83. The summed E-state index contributed by atoms with van der Waals surface area (Å²) in [6.45, 7) is 3.20. The number of hydrogen-bond acceptors (Lipinski definition) is 5. The van der Waals surface area contributed by atoms with Crippen molar-refractivity contribution in [3.63, 3.8) is 0 Å². The molecule has 2 aromatic carbocycles. The highest BCUT2D eigenvalue weighted by Crippen LogP contribution is 2.16. The third kappa shape index (κ3) is 7.11. The summed E-state index contributed by atoms with van der Waals surface area (Å²) in [5, 5.41) is 9.20. The van der Waals surface area contributed by atoms with Gasteiger partial charge in [-0.15, -0.1) is 0 Å². The highest BCUT2D eigenvalue weighted by Gasteiger charge is 2.27. The Bertz CT molecular complexity index is 711. The summed E-state index contributed by atoms with van der Waals surface area (Å²) in [6.07, 6.45) is 0.0780. The van der Waals surface area contributed by atoms with E-state index in [1.807, 2.05) is 30.3 Å². The van der Waals surface area contributed by atoms with Crippen molar-refractivity contribution in [3.8, 4) is 5.75 Å². The lowest BCUT2D eigenvalue weighted by Crippen LogP contribution is -2.27. The van der Waals surface area contributed by atoms with Crippen LogP contribution in [0, 0.1) is 5.92 Å². The van der Waals surface area contributed by atoms with Crippen molar-refractivity contribution in [1.82, 2.24) is 0 Å². The van der Waals surface area contributed by atoms with Gasteiger partial charge >= 0.3 is 11.9 Å². The zero-order valence-electron chi connectivity index (χ0n) is 15.3. The van der Waals surface area contributed by atoms with E-state index in [1.54, 1.807) is 31.2 Å². The third-order valence-electron chi connectivity index (χ3n) is 3.84. The number of aliphatic carboxylic acids is 1. The van der Waals surface area contributed by atoms with Crippen molar-refractivity contribution in [2.45, 2.75) is 20.0 Å². The van der Waals surface area contributed by atoms with Crippen LogP contribution in [0.1, 0.15) is 18.1 Å². The van der Waals surface area contributed by atoms with Crippen molar-refractivity contribution < 1.29 is 28.9 Å². The molecule has 1 atom stereocenters. The zero-order valence-corrected chi connectivity index (χ0v) is 15.3. The van der Waals surface area contributed by atoms with E-state index in [4.69, 9.17) is 14.2 Å². The molecule has 0 spiro atoms. The minimum absolute atomic E-state index is 0.0780. The van der Waals surface area contributed by atoms with Gasteiger partial charge in [0.1, 0.15) is 12.4 Å². The van der Waals surface area contributed by atoms with E-state index >= 15 is 0 Å². The van der Waals surface area contributed by atoms with E-state index < -0.39 is 17.9 Å². The predicted molar refractivity (Wildman–Crippen MR) is 99.5 cm³/mol. The van der Waals surface area contributed by atoms with Crippen LogP contribution in [0.3, 0.4) is 0 Å². The number of carboxylic acids is 1. The molecular formula is C21H24O6. The average Bonchev–Trinajstić information content (AvgIpc) is 2.67. The minimum Gasteiger partial charge on any atom is -0.491 e. The topological polar surface area (TPSA) is 82.1 Å². The SMILES string of the molecule is CCOC(=O)C(Cc1ccc(OCCOCc2ccccc2)cc1)C(=O)O. The molecule has 0 saturated carbocycles. The Hall–Kier alpha value is -2.86. The van der Waals surface area contributed by atoms with Crippen LogP contribution in [0.15, 0.2) is 54.6 Å². The fourth-order valence-electron chi connectivity index (χ4n) is 2.45. The van der Waals surface area contributed by atoms with E-state index in [9.17, 15) is 14.7 Å². The molecule has 0 aliphatic carbocycles. The van der Waals surface area contributed by atoms with Crippen LogP contribution in [-0.4, -0.2) is 36.9 Å². The molecule has 2 rings (SSSR count). The Morgan fingerprint density at radius 1 is 0.963 bits per heavy atom. The number of benzene rings is 2. The molecule has 27 heavy (non-hydrogen) atoms. The second kappa shape index (κ2) is 11.0. The van der Waals surface area contributed by atoms with Gasteiger partial charge in [-0.2, -0.15) is 0 Å². The first-order chi connectivity index (χ1) is 13.1. The van der Waals surface area contributed by atoms with Crippen molar-refractivity contribution in [2.75, 3.05) is 19.8 Å². The molecule has 0 aromatic heterocycles. The van der Waals surface area contributed by atoms with Crippen molar-refractivity contribution in [3.05, 3.63) is 65.7 Å². The first kappa shape index (κ1) is 20.5. The summed E-state index contributed by atoms with van der Waals surface area (Å²) >= 11 is 0. The van der Waals surface area contributed by atoms with Gasteiger partial charge in [-0.1, -0.05) is 42.5 Å². The minimum atomic E-state index is -1.21. The molecule has 6 heteroatoms. The number of ether oxygens (including phenoxy) is 3. The lowest BCUT2D eigenvalue weighted by atomic mass is 9.99. The normalized spacial score (nSPS) is 11.6. The molecule has 6 nitrogen and oxygen atoms in total. The van der Waals surface area contributed by atoms with Gasteiger partial charge in [0.05, 0.1) is 19.8 Å². The van der Waals surface area contributed by atoms with Gasteiger partial charge in [0, 0.05) is 0 Å². The molecule has 144 valence electrons. The largest absolute Gasteiger partial charge is 0.491 e. The summed E-state index contributed by atoms with van der Waals surface area (Å²) in [5.74, 6) is -2.46. The number of carbonyl (C=O) groups excluding carboxylic acids is 1. The fraction of sp³-hybridized carbons (Fsp3) is 0.333. The lowest BCUT2D eigenvalue weighted by Gasteiger charge is -2.12. The van der Waals surface area contributed by atoms with Gasteiger partial charge in [0.15, 0.2) is 5.92 Å². The Kier molecular flexibility index (Phi) is 8.32. The maximum absolute atomic E-state index is 11.7. The molecule has 2 aromatic rings. The number of carboxylic acid groups (broad SMARTS) is 1. The van der Waals surface area contributed by atoms with Crippen LogP contribution in [0.25, 0.3) is 0 Å². The second-order valence-electron chi connectivity index (χ2n) is 5.88. The number of esters is 1. The van der Waals surface area contributed by atoms with Crippen LogP contribution in [0.5, 0.6) is 5.75 Å². The molecule has 0 aliphatic heterocycles. The summed E-state index contributed by atoms with van der Waals surface area (Å²) in [4.78, 5) is 23.0. The smallest absolute Gasteiger partial charge is 0.320 e.